The number of amides is 2. The van der Waals surface area contributed by atoms with Crippen LogP contribution in [0.15, 0.2) is 42.5 Å². The van der Waals surface area contributed by atoms with E-state index in [1.807, 2.05) is 5.32 Å². The van der Waals surface area contributed by atoms with E-state index in [4.69, 9.17) is 5.11 Å². The molecule has 0 aliphatic carbocycles. The number of nitrogens with zero attached hydrogens (tertiary/aromatic N) is 1. The molecule has 24 heavy (non-hydrogen) atoms. The van der Waals surface area contributed by atoms with Gasteiger partial charge in [-0.25, -0.2) is 4.79 Å². The molecule has 2 aromatic rings. The summed E-state index contributed by atoms with van der Waals surface area (Å²) >= 11 is 0. The maximum Gasteiger partial charge on any atom is 0.412 e. The number of aliphatic hydroxyl groups is 1. The van der Waals surface area contributed by atoms with Crippen molar-refractivity contribution < 1.29 is 23.1 Å². The minimum atomic E-state index is -4.65. The average molecular weight is 340 g/mol. The third kappa shape index (κ3) is 3.79. The molecule has 0 radical (unpaired) electrons. The molecule has 2 rings (SSSR count). The van der Waals surface area contributed by atoms with Crippen LogP contribution >= 0.6 is 0 Å². The Balaban J connectivity index is 2.41. The molecule has 4 nitrogen and oxygen atoms in total. The first-order valence-corrected chi connectivity index (χ1v) is 7.44. The lowest BCUT2D eigenvalue weighted by atomic mass is 9.98. The third-order valence-electron chi connectivity index (χ3n) is 3.98. The molecule has 2 N–H and O–H groups in total. The summed E-state index contributed by atoms with van der Waals surface area (Å²) < 4.78 is 40.7. The number of rotatable bonds is 4. The number of hydrogen-bond donors (Lipinski definition) is 2. The third-order valence-corrected chi connectivity index (χ3v) is 3.98. The van der Waals surface area contributed by atoms with Gasteiger partial charge in [-0.05, 0) is 23.3 Å². The Kier molecular flexibility index (Phi) is 5.33. The number of alkyl halides is 3. The van der Waals surface area contributed by atoms with Gasteiger partial charge < -0.3 is 15.3 Å². The minimum absolute atomic E-state index is 0.0148. The lowest BCUT2D eigenvalue weighted by Gasteiger charge is -2.28. The molecule has 0 fully saturated rings. The highest BCUT2D eigenvalue weighted by molar-refractivity contribution is 5.87. The molecule has 2 atom stereocenters. The van der Waals surface area contributed by atoms with Crippen molar-refractivity contribution in [3.63, 3.8) is 0 Å². The van der Waals surface area contributed by atoms with E-state index in [0.29, 0.717) is 10.8 Å². The van der Waals surface area contributed by atoms with Crippen LogP contribution in [0.5, 0.6) is 0 Å². The molecule has 0 aliphatic heterocycles. The monoisotopic (exact) mass is 340 g/mol. The van der Waals surface area contributed by atoms with Gasteiger partial charge in [-0.15, -0.1) is 0 Å². The van der Waals surface area contributed by atoms with Crippen LogP contribution in [0, 0.1) is 0 Å². The summed E-state index contributed by atoms with van der Waals surface area (Å²) in [6, 6.07) is 7.68. The van der Waals surface area contributed by atoms with Gasteiger partial charge in [-0.1, -0.05) is 42.5 Å². The van der Waals surface area contributed by atoms with Crippen LogP contribution in [-0.4, -0.2) is 41.9 Å². The fraction of sp³-hybridized carbons (Fsp3) is 0.353. The van der Waals surface area contributed by atoms with Gasteiger partial charge in [-0.2, -0.15) is 13.2 Å². The second kappa shape index (κ2) is 7.09. The first-order chi connectivity index (χ1) is 11.3. The summed E-state index contributed by atoms with van der Waals surface area (Å²) in [6.07, 6.45) is -4.65. The molecule has 0 bridgehead atoms. The number of carbonyl (C=O) groups excluding carboxylic acids is 1. The van der Waals surface area contributed by atoms with Gasteiger partial charge >= 0.3 is 12.2 Å². The van der Waals surface area contributed by atoms with Crippen LogP contribution < -0.4 is 5.32 Å². The second-order valence-corrected chi connectivity index (χ2v) is 5.63. The first kappa shape index (κ1) is 18.1. The number of urea groups is 1. The van der Waals surface area contributed by atoms with Crippen molar-refractivity contribution in [3.05, 3.63) is 48.0 Å². The van der Waals surface area contributed by atoms with E-state index in [9.17, 15) is 18.0 Å². The van der Waals surface area contributed by atoms with Gasteiger partial charge in [-0.3, -0.25) is 0 Å². The number of halogens is 3. The van der Waals surface area contributed by atoms with Gasteiger partial charge in [0, 0.05) is 7.05 Å². The number of aliphatic hydroxyl groups excluding tert-OH is 1. The first-order valence-electron chi connectivity index (χ1n) is 7.44. The topological polar surface area (TPSA) is 52.6 Å². The van der Waals surface area contributed by atoms with Crippen molar-refractivity contribution in [2.24, 2.45) is 0 Å². The normalized spacial score (nSPS) is 14.2. The van der Waals surface area contributed by atoms with Crippen molar-refractivity contribution in [1.82, 2.24) is 10.2 Å². The van der Waals surface area contributed by atoms with E-state index in [2.05, 4.69) is 0 Å². The molecular weight excluding hydrogens is 321 g/mol. The van der Waals surface area contributed by atoms with E-state index in [1.165, 1.54) is 19.2 Å². The van der Waals surface area contributed by atoms with E-state index in [-0.39, 0.29) is 12.2 Å². The molecule has 0 heterocycles. The van der Waals surface area contributed by atoms with Crippen molar-refractivity contribution in [2.45, 2.75) is 25.2 Å². The lowest BCUT2D eigenvalue weighted by molar-refractivity contribution is -0.155. The molecule has 130 valence electrons. The zero-order valence-electron chi connectivity index (χ0n) is 13.3. The van der Waals surface area contributed by atoms with Gasteiger partial charge in [0.2, 0.25) is 0 Å². The van der Waals surface area contributed by atoms with Crippen molar-refractivity contribution >= 4 is 16.8 Å². The Morgan fingerprint density at radius 2 is 1.83 bits per heavy atom. The zero-order chi connectivity index (χ0) is 17.9. The molecule has 0 aliphatic rings. The predicted molar refractivity (Wildman–Crippen MR) is 85.6 cm³/mol. The fourth-order valence-electron chi connectivity index (χ4n) is 2.39. The summed E-state index contributed by atoms with van der Waals surface area (Å²) in [6.45, 7) is 1.20. The summed E-state index contributed by atoms with van der Waals surface area (Å²) in [4.78, 5) is 13.2. The number of benzene rings is 2. The fourth-order valence-corrected chi connectivity index (χ4v) is 2.39. The smallest absolute Gasteiger partial charge is 0.394 e. The largest absolute Gasteiger partial charge is 0.412 e. The zero-order valence-corrected chi connectivity index (χ0v) is 13.3. The summed E-state index contributed by atoms with van der Waals surface area (Å²) in [7, 11) is 1.34. The molecule has 2 amide bonds. The highest BCUT2D eigenvalue weighted by Crippen LogP contribution is 2.36. The van der Waals surface area contributed by atoms with E-state index in [0.717, 1.165) is 4.90 Å². The quantitative estimate of drug-likeness (QED) is 0.895. The van der Waals surface area contributed by atoms with Crippen molar-refractivity contribution in [3.8, 4) is 0 Å². The molecule has 7 heteroatoms. The number of hydrogen-bond acceptors (Lipinski definition) is 2. The molecule has 0 aromatic heterocycles. The van der Waals surface area contributed by atoms with Gasteiger partial charge in [0.1, 0.15) is 0 Å². The average Bonchev–Trinajstić information content (AvgIpc) is 2.56. The Morgan fingerprint density at radius 1 is 1.21 bits per heavy atom. The SMILES string of the molecule is C[C@H](CO)N(C)C(=O)NC(c1cccc2ccccc12)C(F)(F)F. The van der Waals surface area contributed by atoms with Crippen LogP contribution in [0.2, 0.25) is 0 Å². The molecule has 0 saturated heterocycles. The Morgan fingerprint density at radius 3 is 2.46 bits per heavy atom. The highest BCUT2D eigenvalue weighted by atomic mass is 19.4. The minimum Gasteiger partial charge on any atom is -0.394 e. The molecule has 0 spiro atoms. The Bertz CT molecular complexity index is 713. The summed E-state index contributed by atoms with van der Waals surface area (Å²) in [5.41, 5.74) is -0.0148. The molecule has 1 unspecified atom stereocenters. The molecular formula is C17H19F3N2O2. The van der Waals surface area contributed by atoms with E-state index < -0.39 is 24.3 Å². The number of nitrogens with one attached hydrogen (secondary N) is 1. The van der Waals surface area contributed by atoms with E-state index in [1.54, 1.807) is 37.3 Å². The van der Waals surface area contributed by atoms with Crippen LogP contribution in [0.25, 0.3) is 10.8 Å². The molecule has 2 aromatic carbocycles. The second-order valence-electron chi connectivity index (χ2n) is 5.63. The maximum absolute atomic E-state index is 13.6. The number of carbonyl (C=O) groups is 1. The van der Waals surface area contributed by atoms with E-state index >= 15 is 0 Å². The predicted octanol–water partition coefficient (Wildman–Crippen LogP) is 3.47. The van der Waals surface area contributed by atoms with Crippen LogP contribution in [-0.2, 0) is 0 Å². The van der Waals surface area contributed by atoms with Crippen molar-refractivity contribution in [2.75, 3.05) is 13.7 Å². The maximum atomic E-state index is 13.6. The number of fused-ring (bicyclic) bond motifs is 1. The summed E-state index contributed by atoms with van der Waals surface area (Å²) in [5.74, 6) is 0. The highest BCUT2D eigenvalue weighted by Gasteiger charge is 2.43. The van der Waals surface area contributed by atoms with Gasteiger partial charge in [0.15, 0.2) is 6.04 Å². The standard InChI is InChI=1S/C17H19F3N2O2/c1-11(10-23)22(2)16(24)21-15(17(18,19)20)14-9-5-7-12-6-3-4-8-13(12)14/h3-9,11,15,23H,10H2,1-2H3,(H,21,24)/t11-,15?/m1/s1. The summed E-state index contributed by atoms with van der Waals surface area (Å²) in [5, 5.41) is 12.2. The van der Waals surface area contributed by atoms with Crippen LogP contribution in [0.4, 0.5) is 18.0 Å². The van der Waals surface area contributed by atoms with Crippen molar-refractivity contribution in [1.29, 1.82) is 0 Å². The van der Waals surface area contributed by atoms with Gasteiger partial charge in [0.25, 0.3) is 0 Å². The van der Waals surface area contributed by atoms with Gasteiger partial charge in [0.05, 0.1) is 12.6 Å². The Labute approximate surface area is 137 Å². The Hall–Kier alpha value is -2.28. The van der Waals surface area contributed by atoms with Crippen LogP contribution in [0.1, 0.15) is 18.5 Å². The lowest BCUT2D eigenvalue weighted by Crippen LogP contribution is -2.48. The van der Waals surface area contributed by atoms with Crippen LogP contribution in [0.3, 0.4) is 0 Å². The number of likely N-dealkylation sites (N-methyl/N-ethyl adjacent to an activating group) is 1. The molecule has 0 saturated carbocycles.